The van der Waals surface area contributed by atoms with Crippen LogP contribution in [0.4, 0.5) is 0 Å². The highest BCUT2D eigenvalue weighted by molar-refractivity contribution is 6.32. The van der Waals surface area contributed by atoms with E-state index >= 15 is 0 Å². The number of aliphatic hydroxyl groups is 1. The highest BCUT2D eigenvalue weighted by Gasteiger charge is 2.18. The lowest BCUT2D eigenvalue weighted by Gasteiger charge is -2.15. The van der Waals surface area contributed by atoms with E-state index in [1.165, 1.54) is 0 Å². The van der Waals surface area contributed by atoms with Gasteiger partial charge in [0, 0.05) is 13.1 Å². The van der Waals surface area contributed by atoms with Crippen LogP contribution in [0.15, 0.2) is 42.5 Å². The van der Waals surface area contributed by atoms with Crippen LogP contribution >= 0.6 is 11.6 Å². The summed E-state index contributed by atoms with van der Waals surface area (Å²) in [5.74, 6) is 1.66. The van der Waals surface area contributed by atoms with E-state index in [-0.39, 0.29) is 6.61 Å². The summed E-state index contributed by atoms with van der Waals surface area (Å²) in [6.07, 6.45) is 0.789. The highest BCUT2D eigenvalue weighted by Crippen LogP contribution is 2.37. The number of aryl methyl sites for hydroxylation is 3. The zero-order valence-corrected chi connectivity index (χ0v) is 16.5. The Morgan fingerprint density at radius 3 is 2.56 bits per heavy atom. The zero-order chi connectivity index (χ0) is 19.4. The van der Waals surface area contributed by atoms with Crippen LogP contribution in [0.3, 0.4) is 0 Å². The fraction of sp³-hybridized carbons (Fsp3) is 0.286. The molecule has 0 aliphatic heterocycles. The van der Waals surface area contributed by atoms with Gasteiger partial charge in [0.1, 0.15) is 12.4 Å². The summed E-state index contributed by atoms with van der Waals surface area (Å²) >= 11 is 6.43. The van der Waals surface area contributed by atoms with Crippen LogP contribution in [0.25, 0.3) is 0 Å². The SMILES string of the molecule is CCc1cc(Cl)c(Oc2c(CO)c(C)nn2C)cc1OCc1ccccc1. The number of rotatable bonds is 7. The number of aromatic nitrogens is 2. The summed E-state index contributed by atoms with van der Waals surface area (Å²) in [5.41, 5.74) is 3.45. The highest BCUT2D eigenvalue weighted by atomic mass is 35.5. The minimum atomic E-state index is -0.156. The molecule has 0 aliphatic carbocycles. The lowest BCUT2D eigenvalue weighted by atomic mass is 10.1. The first-order chi connectivity index (χ1) is 13.0. The summed E-state index contributed by atoms with van der Waals surface area (Å²) in [6.45, 7) is 4.18. The minimum absolute atomic E-state index is 0.156. The Hall–Kier alpha value is -2.50. The largest absolute Gasteiger partial charge is 0.488 e. The third-order valence-corrected chi connectivity index (χ3v) is 4.68. The van der Waals surface area contributed by atoms with E-state index in [1.54, 1.807) is 17.8 Å². The van der Waals surface area contributed by atoms with E-state index in [0.717, 1.165) is 29.0 Å². The van der Waals surface area contributed by atoms with Gasteiger partial charge >= 0.3 is 0 Å². The number of hydrogen-bond acceptors (Lipinski definition) is 4. The fourth-order valence-electron chi connectivity index (χ4n) is 2.89. The average Bonchev–Trinajstić information content (AvgIpc) is 2.95. The number of ether oxygens (including phenoxy) is 2. The monoisotopic (exact) mass is 386 g/mol. The first-order valence-corrected chi connectivity index (χ1v) is 9.21. The van der Waals surface area contributed by atoms with Crippen molar-refractivity contribution in [2.75, 3.05) is 0 Å². The molecule has 0 radical (unpaired) electrons. The van der Waals surface area contributed by atoms with Gasteiger partial charge in [-0.05, 0) is 30.5 Å². The first-order valence-electron chi connectivity index (χ1n) is 8.83. The third kappa shape index (κ3) is 4.26. The Bertz CT molecular complexity index is 923. The van der Waals surface area contributed by atoms with Crippen molar-refractivity contribution in [3.8, 4) is 17.4 Å². The van der Waals surface area contributed by atoms with Crippen molar-refractivity contribution in [3.05, 3.63) is 69.9 Å². The van der Waals surface area contributed by atoms with Crippen molar-refractivity contribution in [2.45, 2.75) is 33.5 Å². The lowest BCUT2D eigenvalue weighted by molar-refractivity contribution is 0.274. The van der Waals surface area contributed by atoms with Crippen LogP contribution in [0.2, 0.25) is 5.02 Å². The molecule has 5 nitrogen and oxygen atoms in total. The molecule has 3 aromatic rings. The molecule has 0 saturated heterocycles. The van der Waals surface area contributed by atoms with Crippen LogP contribution in [0, 0.1) is 6.92 Å². The van der Waals surface area contributed by atoms with Crippen molar-refractivity contribution < 1.29 is 14.6 Å². The van der Waals surface area contributed by atoms with Gasteiger partial charge in [0.05, 0.1) is 22.9 Å². The predicted molar refractivity (Wildman–Crippen MR) is 106 cm³/mol. The Kier molecular flexibility index (Phi) is 6.04. The van der Waals surface area contributed by atoms with Crippen molar-refractivity contribution in [2.24, 2.45) is 7.05 Å². The van der Waals surface area contributed by atoms with Gasteiger partial charge in [-0.15, -0.1) is 0 Å². The molecule has 0 bridgehead atoms. The standard InChI is InChI=1S/C21H23ClN2O3/c1-4-16-10-18(22)20(27-21-17(12-25)14(2)23-24(21)3)11-19(16)26-13-15-8-6-5-7-9-15/h5-11,25H,4,12-13H2,1-3H3. The van der Waals surface area contributed by atoms with E-state index in [9.17, 15) is 5.11 Å². The van der Waals surface area contributed by atoms with Gasteiger partial charge in [0.2, 0.25) is 5.88 Å². The number of aliphatic hydroxyl groups excluding tert-OH is 1. The van der Waals surface area contributed by atoms with Crippen molar-refractivity contribution in [1.29, 1.82) is 0 Å². The molecule has 27 heavy (non-hydrogen) atoms. The maximum Gasteiger partial charge on any atom is 0.223 e. The normalized spacial score (nSPS) is 10.9. The van der Waals surface area contributed by atoms with Crippen molar-refractivity contribution >= 4 is 11.6 Å². The Balaban J connectivity index is 1.90. The number of halogens is 1. The summed E-state index contributed by atoms with van der Waals surface area (Å²) in [7, 11) is 1.77. The van der Waals surface area contributed by atoms with E-state index in [2.05, 4.69) is 12.0 Å². The molecule has 0 unspecified atom stereocenters. The maximum absolute atomic E-state index is 9.62. The molecule has 0 spiro atoms. The van der Waals surface area contributed by atoms with Gasteiger partial charge in [-0.3, -0.25) is 0 Å². The summed E-state index contributed by atoms with van der Waals surface area (Å²) in [5, 5.41) is 14.4. The molecule has 142 valence electrons. The van der Waals surface area contributed by atoms with E-state index in [1.807, 2.05) is 43.3 Å². The lowest BCUT2D eigenvalue weighted by Crippen LogP contribution is -2.01. The zero-order valence-electron chi connectivity index (χ0n) is 15.7. The van der Waals surface area contributed by atoms with Gasteiger partial charge in [-0.2, -0.15) is 5.10 Å². The van der Waals surface area contributed by atoms with Gasteiger partial charge in [-0.1, -0.05) is 48.9 Å². The van der Waals surface area contributed by atoms with Crippen LogP contribution < -0.4 is 9.47 Å². The van der Waals surface area contributed by atoms with Crippen molar-refractivity contribution in [3.63, 3.8) is 0 Å². The molecule has 0 fully saturated rings. The molecule has 6 heteroatoms. The molecule has 1 heterocycles. The number of benzene rings is 2. The topological polar surface area (TPSA) is 56.5 Å². The van der Waals surface area contributed by atoms with Crippen LogP contribution in [-0.4, -0.2) is 14.9 Å². The molecule has 0 atom stereocenters. The second kappa shape index (κ2) is 8.46. The molecular formula is C21H23ClN2O3. The van der Waals surface area contributed by atoms with E-state index < -0.39 is 0 Å². The van der Waals surface area contributed by atoms with Gasteiger partial charge in [-0.25, -0.2) is 4.68 Å². The smallest absolute Gasteiger partial charge is 0.223 e. The second-order valence-corrected chi connectivity index (χ2v) is 6.68. The maximum atomic E-state index is 9.62. The van der Waals surface area contributed by atoms with Crippen LogP contribution in [0.1, 0.15) is 29.3 Å². The first kappa shape index (κ1) is 19.3. The number of hydrogen-bond donors (Lipinski definition) is 1. The van der Waals surface area contributed by atoms with E-state index in [0.29, 0.717) is 28.8 Å². The molecule has 1 aromatic heterocycles. The molecule has 0 aliphatic rings. The predicted octanol–water partition coefficient (Wildman–Crippen LogP) is 4.81. The second-order valence-electron chi connectivity index (χ2n) is 6.27. The molecule has 3 rings (SSSR count). The third-order valence-electron chi connectivity index (χ3n) is 4.39. The summed E-state index contributed by atoms with van der Waals surface area (Å²) < 4.78 is 13.6. The Labute approximate surface area is 164 Å². The van der Waals surface area contributed by atoms with Crippen LogP contribution in [-0.2, 0) is 26.7 Å². The molecule has 0 saturated carbocycles. The fourth-order valence-corrected chi connectivity index (χ4v) is 3.12. The van der Waals surface area contributed by atoms with Gasteiger partial charge in [0.25, 0.3) is 0 Å². The molecule has 1 N–H and O–H groups in total. The summed E-state index contributed by atoms with van der Waals surface area (Å²) in [4.78, 5) is 0. The van der Waals surface area contributed by atoms with E-state index in [4.69, 9.17) is 21.1 Å². The summed E-state index contributed by atoms with van der Waals surface area (Å²) in [6, 6.07) is 13.6. The Morgan fingerprint density at radius 2 is 1.89 bits per heavy atom. The number of nitrogens with zero attached hydrogens (tertiary/aromatic N) is 2. The van der Waals surface area contributed by atoms with Crippen LogP contribution in [0.5, 0.6) is 17.4 Å². The average molecular weight is 387 g/mol. The minimum Gasteiger partial charge on any atom is -0.488 e. The van der Waals surface area contributed by atoms with Crippen molar-refractivity contribution in [1.82, 2.24) is 9.78 Å². The molecule has 0 amide bonds. The Morgan fingerprint density at radius 1 is 1.15 bits per heavy atom. The quantitative estimate of drug-likeness (QED) is 0.633. The molecular weight excluding hydrogens is 364 g/mol. The van der Waals surface area contributed by atoms with Gasteiger partial charge < -0.3 is 14.6 Å². The molecule has 2 aromatic carbocycles. The van der Waals surface area contributed by atoms with Gasteiger partial charge in [0.15, 0.2) is 5.75 Å².